The van der Waals surface area contributed by atoms with Gasteiger partial charge in [0.25, 0.3) is 0 Å². The topological polar surface area (TPSA) is 6.48 Å². The van der Waals surface area contributed by atoms with Gasteiger partial charge in [-0.3, -0.25) is 0 Å². The number of piperidine rings is 1. The van der Waals surface area contributed by atoms with Crippen molar-refractivity contribution in [2.75, 3.05) is 23.3 Å². The average Bonchev–Trinajstić information content (AvgIpc) is 2.69. The number of thioether (sulfide) groups is 1. The Balaban J connectivity index is 1.75. The molecular weight excluding hydrogens is 343 g/mol. The van der Waals surface area contributed by atoms with Crippen LogP contribution in [0.2, 0.25) is 0 Å². The summed E-state index contributed by atoms with van der Waals surface area (Å²) < 4.78 is 2.45. The number of para-hydroxylation sites is 1. The van der Waals surface area contributed by atoms with Crippen molar-refractivity contribution >= 4 is 40.3 Å². The molecule has 92 valence electrons. The molecule has 2 aliphatic rings. The van der Waals surface area contributed by atoms with Crippen LogP contribution in [-0.4, -0.2) is 30.4 Å². The second-order valence-corrected chi connectivity index (χ2v) is 7.13. The predicted octanol–water partition coefficient (Wildman–Crippen LogP) is 3.62. The summed E-state index contributed by atoms with van der Waals surface area (Å²) in [4.78, 5) is 3.90. The zero-order valence-electron chi connectivity index (χ0n) is 9.97. The van der Waals surface area contributed by atoms with Gasteiger partial charge in [-0.2, -0.15) is 0 Å². The molecule has 2 heterocycles. The molecule has 0 aromatic heterocycles. The van der Waals surface area contributed by atoms with Crippen LogP contribution in [0.25, 0.3) is 0 Å². The Labute approximate surface area is 121 Å². The van der Waals surface area contributed by atoms with E-state index in [0.717, 1.165) is 5.92 Å². The molecule has 0 spiro atoms. The van der Waals surface area contributed by atoms with Crippen LogP contribution in [-0.2, 0) is 0 Å². The van der Waals surface area contributed by atoms with Crippen LogP contribution >= 0.6 is 34.6 Å². The summed E-state index contributed by atoms with van der Waals surface area (Å²) >= 11 is 4.54. The summed E-state index contributed by atoms with van der Waals surface area (Å²) in [7, 11) is 2.23. The third kappa shape index (κ3) is 2.31. The van der Waals surface area contributed by atoms with Crippen LogP contribution in [0.1, 0.15) is 12.8 Å². The normalized spacial score (nSPS) is 26.2. The molecule has 2 aliphatic heterocycles. The van der Waals surface area contributed by atoms with E-state index >= 15 is 0 Å². The van der Waals surface area contributed by atoms with Crippen LogP contribution in [0.3, 0.4) is 0 Å². The highest BCUT2D eigenvalue weighted by Gasteiger charge is 2.35. The minimum absolute atomic E-state index is 0.640. The highest BCUT2D eigenvalue weighted by molar-refractivity contribution is 14.1. The Hall–Kier alpha value is 0.0600. The van der Waals surface area contributed by atoms with E-state index in [1.54, 1.807) is 0 Å². The molecule has 1 aromatic rings. The lowest BCUT2D eigenvalue weighted by Gasteiger charge is -2.34. The molecule has 1 fully saturated rings. The lowest BCUT2D eigenvalue weighted by Crippen LogP contribution is -2.37. The minimum Gasteiger partial charge on any atom is -0.306 e. The van der Waals surface area contributed by atoms with Gasteiger partial charge in [-0.05, 0) is 51.0 Å². The first-order chi connectivity index (χ1) is 8.25. The van der Waals surface area contributed by atoms with Gasteiger partial charge >= 0.3 is 0 Å². The number of hydrogen-bond donors (Lipinski definition) is 0. The van der Waals surface area contributed by atoms with E-state index in [-0.39, 0.29) is 0 Å². The van der Waals surface area contributed by atoms with E-state index in [1.165, 1.54) is 36.5 Å². The summed E-state index contributed by atoms with van der Waals surface area (Å²) in [6.45, 7) is 2.51. The number of benzene rings is 1. The third-order valence-corrected chi connectivity index (χ3v) is 6.67. The Kier molecular flexibility index (Phi) is 3.54. The summed E-state index contributed by atoms with van der Waals surface area (Å²) in [5.41, 5.74) is 1.40. The highest BCUT2D eigenvalue weighted by atomic mass is 127. The number of rotatable bonds is 1. The van der Waals surface area contributed by atoms with E-state index < -0.39 is 0 Å². The van der Waals surface area contributed by atoms with Crippen LogP contribution in [0.15, 0.2) is 29.2 Å². The summed E-state index contributed by atoms with van der Waals surface area (Å²) in [5.74, 6) is 0.834. The van der Waals surface area contributed by atoms with Crippen LogP contribution in [0, 0.1) is 5.92 Å². The Bertz CT molecular complexity index is 404. The van der Waals surface area contributed by atoms with Gasteiger partial charge in [-0.15, -0.1) is 0 Å². The quantitative estimate of drug-likeness (QED) is 0.558. The number of anilines is 1. The zero-order valence-corrected chi connectivity index (χ0v) is 12.9. The Morgan fingerprint density at radius 1 is 1.24 bits per heavy atom. The lowest BCUT2D eigenvalue weighted by atomic mass is 9.97. The molecule has 0 unspecified atom stereocenters. The van der Waals surface area contributed by atoms with E-state index in [2.05, 4.69) is 74.0 Å². The van der Waals surface area contributed by atoms with E-state index in [0.29, 0.717) is 5.37 Å². The SMILES string of the molecule is CN1CCC([C@@H]2Sc3ccccc3N2I)CC1. The minimum atomic E-state index is 0.640. The highest BCUT2D eigenvalue weighted by Crippen LogP contribution is 2.49. The van der Waals surface area contributed by atoms with Crippen molar-refractivity contribution in [3.63, 3.8) is 0 Å². The fourth-order valence-electron chi connectivity index (χ4n) is 2.64. The molecule has 1 saturated heterocycles. The van der Waals surface area contributed by atoms with Crippen molar-refractivity contribution in [2.24, 2.45) is 5.92 Å². The Morgan fingerprint density at radius 3 is 2.65 bits per heavy atom. The Morgan fingerprint density at radius 2 is 1.94 bits per heavy atom. The zero-order chi connectivity index (χ0) is 11.8. The van der Waals surface area contributed by atoms with Crippen LogP contribution in [0.4, 0.5) is 5.69 Å². The monoisotopic (exact) mass is 360 g/mol. The summed E-state index contributed by atoms with van der Waals surface area (Å²) in [6.07, 6.45) is 2.67. The number of likely N-dealkylation sites (tertiary alicyclic amines) is 1. The molecule has 0 amide bonds. The standard InChI is InChI=1S/C13H17IN2S/c1-15-8-6-10(7-9-15)13-16(14)11-4-2-3-5-12(11)17-13/h2-5,10,13H,6-9H2,1H3/t13-/m0/s1. The van der Waals surface area contributed by atoms with Crippen molar-refractivity contribution < 1.29 is 0 Å². The first-order valence-corrected chi connectivity index (χ1v) is 7.99. The molecule has 1 aromatic carbocycles. The van der Waals surface area contributed by atoms with Crippen LogP contribution in [0.5, 0.6) is 0 Å². The number of hydrogen-bond acceptors (Lipinski definition) is 3. The smallest absolute Gasteiger partial charge is 0.0921 e. The second kappa shape index (κ2) is 4.97. The lowest BCUT2D eigenvalue weighted by molar-refractivity contribution is 0.219. The molecule has 0 saturated carbocycles. The van der Waals surface area contributed by atoms with Gasteiger partial charge in [0.05, 0.1) is 33.9 Å². The van der Waals surface area contributed by atoms with Crippen LogP contribution < -0.4 is 3.11 Å². The number of fused-ring (bicyclic) bond motifs is 1. The molecule has 1 atom stereocenters. The number of halogens is 1. The molecule has 2 nitrogen and oxygen atoms in total. The first-order valence-electron chi connectivity index (χ1n) is 6.15. The molecule has 4 heteroatoms. The fraction of sp³-hybridized carbons (Fsp3) is 0.538. The molecule has 17 heavy (non-hydrogen) atoms. The van der Waals surface area contributed by atoms with Gasteiger partial charge in [0, 0.05) is 4.90 Å². The van der Waals surface area contributed by atoms with Crippen molar-refractivity contribution in [3.8, 4) is 0 Å². The largest absolute Gasteiger partial charge is 0.306 e. The molecule has 0 bridgehead atoms. The van der Waals surface area contributed by atoms with Gasteiger partial charge in [-0.1, -0.05) is 23.9 Å². The molecule has 0 aliphatic carbocycles. The van der Waals surface area contributed by atoms with Crippen molar-refractivity contribution in [2.45, 2.75) is 23.1 Å². The molecule has 0 radical (unpaired) electrons. The van der Waals surface area contributed by atoms with Crippen molar-refractivity contribution in [1.82, 2.24) is 4.90 Å². The molecule has 0 N–H and O–H groups in total. The number of nitrogens with zero attached hydrogens (tertiary/aromatic N) is 2. The first kappa shape index (κ1) is 12.1. The summed E-state index contributed by atoms with van der Waals surface area (Å²) in [5, 5.41) is 0.640. The van der Waals surface area contributed by atoms with Crippen molar-refractivity contribution in [3.05, 3.63) is 24.3 Å². The van der Waals surface area contributed by atoms with Gasteiger partial charge in [0.1, 0.15) is 0 Å². The van der Waals surface area contributed by atoms with E-state index in [9.17, 15) is 0 Å². The van der Waals surface area contributed by atoms with Gasteiger partial charge < -0.3 is 8.01 Å². The average molecular weight is 360 g/mol. The van der Waals surface area contributed by atoms with Gasteiger partial charge in [-0.25, -0.2) is 0 Å². The van der Waals surface area contributed by atoms with Crippen molar-refractivity contribution in [1.29, 1.82) is 0 Å². The van der Waals surface area contributed by atoms with E-state index in [1.807, 2.05) is 0 Å². The summed E-state index contributed by atoms with van der Waals surface area (Å²) in [6, 6.07) is 8.78. The third-order valence-electron chi connectivity index (χ3n) is 3.73. The molecule has 3 rings (SSSR count). The van der Waals surface area contributed by atoms with Gasteiger partial charge in [0.2, 0.25) is 0 Å². The maximum atomic E-state index is 2.49. The maximum Gasteiger partial charge on any atom is 0.0921 e. The van der Waals surface area contributed by atoms with E-state index in [4.69, 9.17) is 0 Å². The maximum absolute atomic E-state index is 2.49. The second-order valence-electron chi connectivity index (χ2n) is 4.93. The fourth-order valence-corrected chi connectivity index (χ4v) is 5.40. The molecular formula is C13H17IN2S. The van der Waals surface area contributed by atoms with Gasteiger partial charge in [0.15, 0.2) is 0 Å². The predicted molar refractivity (Wildman–Crippen MR) is 82.8 cm³/mol.